The number of hydrogen-bond acceptors (Lipinski definition) is 8. The van der Waals surface area contributed by atoms with Crippen molar-refractivity contribution in [1.82, 2.24) is 0 Å². The molecule has 0 fully saturated rings. The van der Waals surface area contributed by atoms with Crippen LogP contribution in [0.5, 0.6) is 0 Å². The first-order valence-electron chi connectivity index (χ1n) is 35.3. The maximum Gasteiger partial charge on any atom is 0.306 e. The second-order valence-corrected chi connectivity index (χ2v) is 25.2. The lowest BCUT2D eigenvalue weighted by Gasteiger charge is -2.26. The summed E-state index contributed by atoms with van der Waals surface area (Å²) in [7, 11) is 5.93. The van der Waals surface area contributed by atoms with Crippen molar-refractivity contribution >= 4 is 17.9 Å². The summed E-state index contributed by atoms with van der Waals surface area (Å²) in [5.74, 6) is -2.29. The zero-order valence-corrected chi connectivity index (χ0v) is 54.9. The average Bonchev–Trinajstić information content (AvgIpc) is 3.45. The van der Waals surface area contributed by atoms with Crippen LogP contribution in [0.1, 0.15) is 341 Å². The van der Waals surface area contributed by atoms with Crippen LogP contribution in [0.15, 0.2) is 48.6 Å². The van der Waals surface area contributed by atoms with Crippen LogP contribution in [0, 0.1) is 0 Å². The van der Waals surface area contributed by atoms with Crippen LogP contribution in [0.2, 0.25) is 0 Å². The smallest absolute Gasteiger partial charge is 0.306 e. The minimum absolute atomic E-state index is 0.145. The van der Waals surface area contributed by atoms with E-state index in [9.17, 15) is 19.5 Å². The largest absolute Gasteiger partial charge is 0.545 e. The third kappa shape index (κ3) is 64.8. The van der Waals surface area contributed by atoms with Gasteiger partial charge in [-0.05, 0) is 51.4 Å². The van der Waals surface area contributed by atoms with E-state index in [0.29, 0.717) is 23.9 Å². The van der Waals surface area contributed by atoms with Crippen LogP contribution in [0.4, 0.5) is 0 Å². The maximum atomic E-state index is 12.9. The van der Waals surface area contributed by atoms with Crippen molar-refractivity contribution in [3.8, 4) is 0 Å². The Morgan fingerprint density at radius 1 is 0.378 bits per heavy atom. The van der Waals surface area contributed by atoms with Gasteiger partial charge in [0.2, 0.25) is 0 Å². The molecular weight excluding hydrogens is 1020 g/mol. The maximum absolute atomic E-state index is 12.9. The van der Waals surface area contributed by atoms with Crippen LogP contribution in [-0.2, 0) is 33.3 Å². The van der Waals surface area contributed by atoms with Crippen LogP contribution in [-0.4, -0.2) is 82.3 Å². The van der Waals surface area contributed by atoms with Crippen molar-refractivity contribution in [2.75, 3.05) is 47.5 Å². The molecule has 0 amide bonds. The summed E-state index contributed by atoms with van der Waals surface area (Å²) >= 11 is 0. The van der Waals surface area contributed by atoms with Gasteiger partial charge in [0.25, 0.3) is 0 Å². The molecule has 0 N–H and O–H groups in total. The molecule has 0 aliphatic carbocycles. The summed E-state index contributed by atoms with van der Waals surface area (Å²) in [6.45, 7) is 4.67. The van der Waals surface area contributed by atoms with Gasteiger partial charge < -0.3 is 33.3 Å². The van der Waals surface area contributed by atoms with Gasteiger partial charge in [-0.1, -0.05) is 326 Å². The zero-order valence-electron chi connectivity index (χ0n) is 54.9. The van der Waals surface area contributed by atoms with Crippen molar-refractivity contribution < 1.29 is 42.9 Å². The second-order valence-electron chi connectivity index (χ2n) is 25.2. The third-order valence-electron chi connectivity index (χ3n) is 15.8. The summed E-state index contributed by atoms with van der Waals surface area (Å²) < 4.78 is 22.8. The monoisotopic (exact) mass is 1150 g/mol. The van der Waals surface area contributed by atoms with Crippen LogP contribution in [0.25, 0.3) is 0 Å². The van der Waals surface area contributed by atoms with Gasteiger partial charge in [-0.25, -0.2) is 0 Å². The summed E-state index contributed by atoms with van der Waals surface area (Å²) in [4.78, 5) is 37.4. The molecule has 0 aliphatic heterocycles. The molecule has 0 rings (SSSR count). The number of allylic oxidation sites excluding steroid dienone is 8. The van der Waals surface area contributed by atoms with Crippen LogP contribution in [0.3, 0.4) is 0 Å². The normalized spacial score (nSPS) is 12.9. The standard InChI is InChI=1S/C73H135NO8/c1-6-8-10-12-14-16-18-20-22-24-26-27-28-29-30-31-32-33-34-35-36-37-38-39-40-41-42-43-44-46-47-49-51-53-55-57-59-61-63-70(75)80-67-69(68-81-73(72(77)78)79-66-65-74(3,4)5)82-71(76)64-62-60-58-56-54-52-50-48-45-25-23-21-19-17-15-13-11-9-7-2/h9,11,15,17,21,23,45,48,69,73H,6-8,10,12-14,16,18-20,22,24-44,46-47,49-68H2,1-5H3/b11-9-,17-15-,23-21-,48-45-. The highest BCUT2D eigenvalue weighted by molar-refractivity contribution is 5.70. The van der Waals surface area contributed by atoms with E-state index in [1.54, 1.807) is 0 Å². The molecule has 0 aromatic heterocycles. The average molecular weight is 1150 g/mol. The Kier molecular flexibility index (Phi) is 62.1. The zero-order chi connectivity index (χ0) is 59.8. The van der Waals surface area contributed by atoms with Crippen LogP contribution < -0.4 is 5.11 Å². The first kappa shape index (κ1) is 79.2. The van der Waals surface area contributed by atoms with E-state index in [2.05, 4.69) is 62.5 Å². The first-order valence-corrected chi connectivity index (χ1v) is 35.3. The number of likely N-dealkylation sites (N-methyl/N-ethyl adjacent to an activating group) is 1. The molecular formula is C73H135NO8. The molecule has 0 aliphatic rings. The first-order chi connectivity index (χ1) is 40.1. The number of carbonyl (C=O) groups excluding carboxylic acids is 3. The number of unbranched alkanes of at least 4 members (excludes halogenated alkanes) is 43. The molecule has 0 saturated carbocycles. The van der Waals surface area contributed by atoms with Crippen molar-refractivity contribution in [3.63, 3.8) is 0 Å². The Morgan fingerprint density at radius 3 is 1.04 bits per heavy atom. The molecule has 0 radical (unpaired) electrons. The number of nitrogens with zero attached hydrogens (tertiary/aromatic N) is 1. The van der Waals surface area contributed by atoms with Gasteiger partial charge in [0.1, 0.15) is 13.2 Å². The minimum Gasteiger partial charge on any atom is -0.545 e. The van der Waals surface area contributed by atoms with E-state index in [-0.39, 0.29) is 32.2 Å². The number of rotatable bonds is 66. The van der Waals surface area contributed by atoms with Crippen molar-refractivity contribution in [2.24, 2.45) is 0 Å². The van der Waals surface area contributed by atoms with Gasteiger partial charge in [0.15, 0.2) is 12.4 Å². The second kappa shape index (κ2) is 64.3. The Morgan fingerprint density at radius 2 is 0.695 bits per heavy atom. The lowest BCUT2D eigenvalue weighted by molar-refractivity contribution is -0.870. The number of quaternary nitrogens is 1. The molecule has 0 bridgehead atoms. The van der Waals surface area contributed by atoms with E-state index in [0.717, 1.165) is 83.5 Å². The predicted molar refractivity (Wildman–Crippen MR) is 348 cm³/mol. The summed E-state index contributed by atoms with van der Waals surface area (Å²) in [6, 6.07) is 0. The Hall–Kier alpha value is -2.75. The van der Waals surface area contributed by atoms with E-state index >= 15 is 0 Å². The molecule has 0 aromatic rings. The molecule has 9 nitrogen and oxygen atoms in total. The highest BCUT2D eigenvalue weighted by Crippen LogP contribution is 2.19. The van der Waals surface area contributed by atoms with Gasteiger partial charge in [-0.3, -0.25) is 9.59 Å². The third-order valence-corrected chi connectivity index (χ3v) is 15.8. The van der Waals surface area contributed by atoms with Gasteiger partial charge >= 0.3 is 11.9 Å². The molecule has 82 heavy (non-hydrogen) atoms. The van der Waals surface area contributed by atoms with E-state index in [1.165, 1.54) is 225 Å². The number of carboxylic acid groups (broad SMARTS) is 1. The predicted octanol–water partition coefficient (Wildman–Crippen LogP) is 20.4. The fraction of sp³-hybridized carbons (Fsp3) is 0.849. The molecule has 480 valence electrons. The Labute approximate surface area is 508 Å². The molecule has 2 atom stereocenters. The lowest BCUT2D eigenvalue weighted by Crippen LogP contribution is -2.44. The molecule has 0 saturated heterocycles. The van der Waals surface area contributed by atoms with E-state index < -0.39 is 24.3 Å². The molecule has 0 aromatic carbocycles. The van der Waals surface area contributed by atoms with E-state index in [4.69, 9.17) is 18.9 Å². The Bertz CT molecular complexity index is 1480. The van der Waals surface area contributed by atoms with Gasteiger partial charge in [0, 0.05) is 12.8 Å². The topological polar surface area (TPSA) is 111 Å². The van der Waals surface area contributed by atoms with Gasteiger partial charge in [0.05, 0.1) is 40.3 Å². The van der Waals surface area contributed by atoms with Gasteiger partial charge in [-0.2, -0.15) is 0 Å². The number of carboxylic acids is 1. The molecule has 0 heterocycles. The lowest BCUT2D eigenvalue weighted by atomic mass is 10.0. The van der Waals surface area contributed by atoms with Gasteiger partial charge in [-0.15, -0.1) is 0 Å². The fourth-order valence-corrected chi connectivity index (χ4v) is 10.5. The number of esters is 2. The number of carbonyl (C=O) groups is 3. The summed E-state index contributed by atoms with van der Waals surface area (Å²) in [5.41, 5.74) is 0. The van der Waals surface area contributed by atoms with Crippen molar-refractivity contribution in [1.29, 1.82) is 0 Å². The summed E-state index contributed by atoms with van der Waals surface area (Å²) in [6.07, 6.45) is 79.4. The fourth-order valence-electron chi connectivity index (χ4n) is 10.5. The highest BCUT2D eigenvalue weighted by Gasteiger charge is 2.22. The van der Waals surface area contributed by atoms with Crippen molar-refractivity contribution in [3.05, 3.63) is 48.6 Å². The quantitative estimate of drug-likeness (QED) is 0.0195. The van der Waals surface area contributed by atoms with E-state index in [1.807, 2.05) is 21.1 Å². The SMILES string of the molecule is CC/C=C\C/C=C\C/C=C\C/C=C\CCCCCCCCC(=O)OC(COC(=O)CCCCCCCCCCCCCCCCCCCCCCCCCCCCCCCCCCCCCCCC)COC(OCC[N+](C)(C)C)C(=O)[O-]. The molecule has 2 unspecified atom stereocenters. The highest BCUT2D eigenvalue weighted by atomic mass is 16.7. The molecule has 9 heteroatoms. The number of aliphatic carboxylic acids is 1. The minimum atomic E-state index is -1.63. The number of hydrogen-bond donors (Lipinski definition) is 0. The molecule has 0 spiro atoms. The number of ether oxygens (including phenoxy) is 4. The van der Waals surface area contributed by atoms with Crippen molar-refractivity contribution in [2.45, 2.75) is 354 Å². The van der Waals surface area contributed by atoms with Crippen LogP contribution >= 0.6 is 0 Å². The summed E-state index contributed by atoms with van der Waals surface area (Å²) in [5, 5.41) is 11.8. The Balaban J connectivity index is 3.96.